The molecule has 0 radical (unpaired) electrons. The average Bonchev–Trinajstić information content (AvgIpc) is 3.09. The Hall–Kier alpha value is -2.14. The van der Waals surface area contributed by atoms with Crippen molar-refractivity contribution in [2.75, 3.05) is 6.54 Å². The lowest BCUT2D eigenvalue weighted by molar-refractivity contribution is 0.0103. The van der Waals surface area contributed by atoms with Gasteiger partial charge in [-0.1, -0.05) is 37.1 Å². The van der Waals surface area contributed by atoms with Gasteiger partial charge in [0.15, 0.2) is 0 Å². The standard InChI is InChI=1S/C25H35N3O2/c1-17(22-14-18-9-5-6-11-20(18)15-27-22)26-16-21-13-19-10-7-8-12-23(19)28(21)24(29)30-25(2,3)4/h5-6,9,11,14-15,17,19,21,23,26H,7-8,10,12-13,16H2,1-4H3/t17-,19-,21+,23-/m0/s1. The third-order valence-corrected chi connectivity index (χ3v) is 6.55. The van der Waals surface area contributed by atoms with Crippen LogP contribution in [-0.4, -0.2) is 40.2 Å². The summed E-state index contributed by atoms with van der Waals surface area (Å²) in [6.45, 7) is 8.75. The number of benzene rings is 1. The van der Waals surface area contributed by atoms with E-state index < -0.39 is 5.60 Å². The number of carbonyl (C=O) groups excluding carboxylic acids is 1. The molecule has 0 spiro atoms. The molecule has 2 fully saturated rings. The van der Waals surface area contributed by atoms with Crippen LogP contribution < -0.4 is 5.32 Å². The Balaban J connectivity index is 1.46. The first-order chi connectivity index (χ1) is 14.3. The maximum Gasteiger partial charge on any atom is 0.410 e. The zero-order valence-corrected chi connectivity index (χ0v) is 18.7. The number of likely N-dealkylation sites (tertiary alicyclic amines) is 1. The second-order valence-electron chi connectivity index (χ2n) is 9.98. The van der Waals surface area contributed by atoms with Gasteiger partial charge in [0.05, 0.1) is 5.69 Å². The Kier molecular flexibility index (Phi) is 6.01. The summed E-state index contributed by atoms with van der Waals surface area (Å²) in [5.74, 6) is 0.604. The number of pyridine rings is 1. The summed E-state index contributed by atoms with van der Waals surface area (Å²) in [5, 5.41) is 6.01. The fourth-order valence-electron chi connectivity index (χ4n) is 5.10. The highest BCUT2D eigenvalue weighted by molar-refractivity contribution is 5.81. The van der Waals surface area contributed by atoms with Crippen LogP contribution in [0.2, 0.25) is 0 Å². The van der Waals surface area contributed by atoms with Gasteiger partial charge in [-0.3, -0.25) is 4.98 Å². The van der Waals surface area contributed by atoms with Crippen molar-refractivity contribution >= 4 is 16.9 Å². The Morgan fingerprint density at radius 1 is 1.23 bits per heavy atom. The van der Waals surface area contributed by atoms with Gasteiger partial charge in [0, 0.05) is 36.3 Å². The largest absolute Gasteiger partial charge is 0.444 e. The Morgan fingerprint density at radius 2 is 1.97 bits per heavy atom. The summed E-state index contributed by atoms with van der Waals surface area (Å²) in [4.78, 5) is 19.8. The first-order valence-corrected chi connectivity index (χ1v) is 11.4. The van der Waals surface area contributed by atoms with Crippen molar-refractivity contribution < 1.29 is 9.53 Å². The molecule has 1 saturated heterocycles. The number of nitrogens with zero attached hydrogens (tertiary/aromatic N) is 2. The molecule has 5 heteroatoms. The van der Waals surface area contributed by atoms with Crippen molar-refractivity contribution in [2.45, 2.75) is 83.5 Å². The first-order valence-electron chi connectivity index (χ1n) is 11.4. The highest BCUT2D eigenvalue weighted by Crippen LogP contribution is 2.40. The van der Waals surface area contributed by atoms with E-state index in [0.717, 1.165) is 30.5 Å². The van der Waals surface area contributed by atoms with Crippen LogP contribution >= 0.6 is 0 Å². The van der Waals surface area contributed by atoms with Crippen LogP contribution in [0.5, 0.6) is 0 Å². The van der Waals surface area contributed by atoms with Crippen LogP contribution in [0.4, 0.5) is 4.79 Å². The van der Waals surface area contributed by atoms with Crippen LogP contribution in [0.3, 0.4) is 0 Å². The smallest absolute Gasteiger partial charge is 0.410 e. The molecular formula is C25H35N3O2. The molecule has 1 saturated carbocycles. The average molecular weight is 410 g/mol. The molecule has 1 aliphatic heterocycles. The molecule has 162 valence electrons. The van der Waals surface area contributed by atoms with E-state index in [0.29, 0.717) is 12.0 Å². The molecule has 5 nitrogen and oxygen atoms in total. The fraction of sp³-hybridized carbons (Fsp3) is 0.600. The minimum absolute atomic E-state index is 0.123. The normalized spacial score (nSPS) is 25.2. The number of aromatic nitrogens is 1. The molecule has 1 aromatic carbocycles. The summed E-state index contributed by atoms with van der Waals surface area (Å²) >= 11 is 0. The Labute approximate surface area is 180 Å². The maximum absolute atomic E-state index is 13.1. The number of ether oxygens (including phenoxy) is 1. The molecule has 2 aromatic rings. The second kappa shape index (κ2) is 8.54. The van der Waals surface area contributed by atoms with Gasteiger partial charge in [0.2, 0.25) is 0 Å². The second-order valence-corrected chi connectivity index (χ2v) is 9.98. The summed E-state index contributed by atoms with van der Waals surface area (Å²) in [6.07, 6.45) is 7.66. The van der Waals surface area contributed by atoms with Crippen molar-refractivity contribution in [1.29, 1.82) is 0 Å². The van der Waals surface area contributed by atoms with E-state index in [-0.39, 0.29) is 18.2 Å². The van der Waals surface area contributed by atoms with E-state index in [1.807, 2.05) is 33.0 Å². The monoisotopic (exact) mass is 409 g/mol. The lowest BCUT2D eigenvalue weighted by atomic mass is 9.85. The number of hydrogen-bond acceptors (Lipinski definition) is 4. The zero-order valence-electron chi connectivity index (χ0n) is 18.7. The third kappa shape index (κ3) is 4.61. The molecule has 4 rings (SSSR count). The quantitative estimate of drug-likeness (QED) is 0.729. The minimum atomic E-state index is -0.468. The van der Waals surface area contributed by atoms with Gasteiger partial charge in [0.25, 0.3) is 0 Å². The van der Waals surface area contributed by atoms with Crippen LogP contribution in [-0.2, 0) is 4.74 Å². The number of rotatable bonds is 4. The number of fused-ring (bicyclic) bond motifs is 2. The van der Waals surface area contributed by atoms with E-state index >= 15 is 0 Å². The Morgan fingerprint density at radius 3 is 2.73 bits per heavy atom. The lowest BCUT2D eigenvalue weighted by Gasteiger charge is -2.35. The molecule has 0 bridgehead atoms. The molecule has 2 heterocycles. The van der Waals surface area contributed by atoms with Gasteiger partial charge in [0.1, 0.15) is 5.60 Å². The molecule has 1 amide bonds. The first kappa shape index (κ1) is 21.1. The summed E-state index contributed by atoms with van der Waals surface area (Å²) < 4.78 is 5.79. The molecule has 0 unspecified atom stereocenters. The SMILES string of the molecule is C[C@H](NC[C@H]1C[C@@H]2CCCC[C@@H]2N1C(=O)OC(C)(C)C)c1cc2ccccc2cn1. The van der Waals surface area contributed by atoms with Crippen molar-refractivity contribution in [3.8, 4) is 0 Å². The molecule has 2 aliphatic rings. The highest BCUT2D eigenvalue weighted by atomic mass is 16.6. The van der Waals surface area contributed by atoms with Crippen LogP contribution in [0.1, 0.15) is 71.5 Å². The van der Waals surface area contributed by atoms with Gasteiger partial charge in [-0.05, 0) is 64.3 Å². The molecule has 4 atom stereocenters. The predicted octanol–water partition coefficient (Wildman–Crippen LogP) is 5.45. The van der Waals surface area contributed by atoms with Crippen LogP contribution in [0, 0.1) is 5.92 Å². The van der Waals surface area contributed by atoms with Gasteiger partial charge in [-0.25, -0.2) is 4.79 Å². The summed E-state index contributed by atoms with van der Waals surface area (Å²) in [6, 6.07) is 11.1. The molecule has 1 aliphatic carbocycles. The van der Waals surface area contributed by atoms with Crippen LogP contribution in [0.25, 0.3) is 10.8 Å². The van der Waals surface area contributed by atoms with E-state index in [9.17, 15) is 4.79 Å². The van der Waals surface area contributed by atoms with Crippen LogP contribution in [0.15, 0.2) is 36.5 Å². The summed E-state index contributed by atoms with van der Waals surface area (Å²) in [7, 11) is 0. The maximum atomic E-state index is 13.1. The van der Waals surface area contributed by atoms with Crippen molar-refractivity contribution in [3.05, 3.63) is 42.2 Å². The van der Waals surface area contributed by atoms with Crippen molar-refractivity contribution in [1.82, 2.24) is 15.2 Å². The molecule has 1 N–H and O–H groups in total. The topological polar surface area (TPSA) is 54.5 Å². The van der Waals surface area contributed by atoms with Crippen molar-refractivity contribution in [3.63, 3.8) is 0 Å². The van der Waals surface area contributed by atoms with E-state index in [4.69, 9.17) is 4.74 Å². The number of hydrogen-bond donors (Lipinski definition) is 1. The highest BCUT2D eigenvalue weighted by Gasteiger charge is 2.45. The van der Waals surface area contributed by atoms with E-state index in [1.165, 1.54) is 24.6 Å². The van der Waals surface area contributed by atoms with Gasteiger partial charge >= 0.3 is 6.09 Å². The molecule has 1 aromatic heterocycles. The zero-order chi connectivity index (χ0) is 21.3. The number of amides is 1. The fourth-order valence-corrected chi connectivity index (χ4v) is 5.10. The van der Waals surface area contributed by atoms with Gasteiger partial charge < -0.3 is 15.0 Å². The molecule has 30 heavy (non-hydrogen) atoms. The van der Waals surface area contributed by atoms with E-state index in [2.05, 4.69) is 46.4 Å². The Bertz CT molecular complexity index is 891. The van der Waals surface area contributed by atoms with Gasteiger partial charge in [-0.2, -0.15) is 0 Å². The third-order valence-electron chi connectivity index (χ3n) is 6.55. The lowest BCUT2D eigenvalue weighted by Crippen LogP contribution is -2.48. The minimum Gasteiger partial charge on any atom is -0.444 e. The van der Waals surface area contributed by atoms with Gasteiger partial charge in [-0.15, -0.1) is 0 Å². The predicted molar refractivity (Wildman–Crippen MR) is 120 cm³/mol. The van der Waals surface area contributed by atoms with Crippen molar-refractivity contribution in [2.24, 2.45) is 5.92 Å². The molecular weight excluding hydrogens is 374 g/mol. The summed E-state index contributed by atoms with van der Waals surface area (Å²) in [5.41, 5.74) is 0.567. The number of carbonyl (C=O) groups is 1. The van der Waals surface area contributed by atoms with E-state index in [1.54, 1.807) is 0 Å². The number of nitrogens with one attached hydrogen (secondary N) is 1.